The number of benzene rings is 3. The minimum absolute atomic E-state index is 0.00181. The summed E-state index contributed by atoms with van der Waals surface area (Å²) in [5, 5.41) is 1.34. The maximum Gasteiger partial charge on any atom is 0.295 e. The van der Waals surface area contributed by atoms with Crippen LogP contribution in [0, 0.1) is 0 Å². The summed E-state index contributed by atoms with van der Waals surface area (Å²) in [5.41, 5.74) is 1.61. The van der Waals surface area contributed by atoms with Crippen molar-refractivity contribution in [2.45, 2.75) is 17.7 Å². The Bertz CT molecular complexity index is 915. The van der Waals surface area contributed by atoms with E-state index in [0.29, 0.717) is 10.9 Å². The van der Waals surface area contributed by atoms with Gasteiger partial charge in [0.05, 0.1) is 0 Å². The summed E-state index contributed by atoms with van der Waals surface area (Å²) in [6.07, 6.45) is 0. The molecule has 0 radical (unpaired) electrons. The average Bonchev–Trinajstić information content (AvgIpc) is 2.53. The molecule has 0 fully saturated rings. The van der Waals surface area contributed by atoms with Crippen LogP contribution in [0.3, 0.4) is 0 Å². The molecule has 0 aliphatic rings. The molecule has 1 atom stereocenters. The van der Waals surface area contributed by atoms with Crippen molar-refractivity contribution in [2.75, 3.05) is 0 Å². The molecule has 1 N–H and O–H groups in total. The van der Waals surface area contributed by atoms with Gasteiger partial charge in [-0.15, -0.1) is 0 Å². The van der Waals surface area contributed by atoms with Gasteiger partial charge in [0.2, 0.25) is 0 Å². The van der Waals surface area contributed by atoms with E-state index in [-0.39, 0.29) is 10.8 Å². The standard InChI is InChI=1S/C18H16O3S/c1-13(14-7-3-2-4-8-14)16-12-11-15-9-5-6-10-17(15)18(16)22(19,20)21/h2-13H,1H3,(H,19,20,21). The number of fused-ring (bicyclic) bond motifs is 1. The van der Waals surface area contributed by atoms with Crippen LogP contribution in [0.2, 0.25) is 0 Å². The van der Waals surface area contributed by atoms with Crippen molar-refractivity contribution in [2.24, 2.45) is 0 Å². The van der Waals surface area contributed by atoms with E-state index in [9.17, 15) is 13.0 Å². The van der Waals surface area contributed by atoms with Crippen molar-refractivity contribution < 1.29 is 13.0 Å². The first kappa shape index (κ1) is 14.8. The summed E-state index contributed by atoms with van der Waals surface area (Å²) in [6, 6.07) is 20.5. The lowest BCUT2D eigenvalue weighted by Crippen LogP contribution is -2.07. The van der Waals surface area contributed by atoms with E-state index in [1.54, 1.807) is 18.2 Å². The molecule has 0 heterocycles. The quantitative estimate of drug-likeness (QED) is 0.736. The monoisotopic (exact) mass is 312 g/mol. The fourth-order valence-corrected chi connectivity index (χ4v) is 3.82. The van der Waals surface area contributed by atoms with Crippen LogP contribution in [0.4, 0.5) is 0 Å². The Balaban J connectivity index is 2.31. The molecule has 0 amide bonds. The van der Waals surface area contributed by atoms with E-state index in [0.717, 1.165) is 10.9 Å². The van der Waals surface area contributed by atoms with Gasteiger partial charge in [0.25, 0.3) is 10.1 Å². The smallest absolute Gasteiger partial charge is 0.282 e. The molecule has 0 saturated heterocycles. The summed E-state index contributed by atoms with van der Waals surface area (Å²) < 4.78 is 33.7. The minimum Gasteiger partial charge on any atom is -0.282 e. The van der Waals surface area contributed by atoms with Gasteiger partial charge < -0.3 is 0 Å². The van der Waals surface area contributed by atoms with Gasteiger partial charge in [-0.05, 0) is 16.5 Å². The molecule has 22 heavy (non-hydrogen) atoms. The molecule has 0 aliphatic carbocycles. The van der Waals surface area contributed by atoms with Crippen LogP contribution in [0.25, 0.3) is 10.8 Å². The first-order valence-corrected chi connectivity index (χ1v) is 8.46. The highest BCUT2D eigenvalue weighted by molar-refractivity contribution is 7.86. The van der Waals surface area contributed by atoms with Crippen LogP contribution in [-0.2, 0) is 10.1 Å². The predicted octanol–water partition coefficient (Wildman–Crippen LogP) is 4.24. The lowest BCUT2D eigenvalue weighted by atomic mass is 9.91. The summed E-state index contributed by atoms with van der Waals surface area (Å²) in [7, 11) is -4.31. The fraction of sp³-hybridized carbons (Fsp3) is 0.111. The predicted molar refractivity (Wildman–Crippen MR) is 87.7 cm³/mol. The van der Waals surface area contributed by atoms with Crippen molar-refractivity contribution in [3.05, 3.63) is 77.9 Å². The second kappa shape index (κ2) is 5.55. The zero-order chi connectivity index (χ0) is 15.7. The summed E-state index contributed by atoms with van der Waals surface area (Å²) in [5.74, 6) is -0.136. The van der Waals surface area contributed by atoms with Crippen molar-refractivity contribution in [3.63, 3.8) is 0 Å². The van der Waals surface area contributed by atoms with Gasteiger partial charge in [-0.25, -0.2) is 0 Å². The molecular weight excluding hydrogens is 296 g/mol. The van der Waals surface area contributed by atoms with Gasteiger partial charge >= 0.3 is 0 Å². The molecule has 1 unspecified atom stereocenters. The van der Waals surface area contributed by atoms with E-state index in [1.807, 2.05) is 55.5 Å². The third kappa shape index (κ3) is 2.63. The fourth-order valence-electron chi connectivity index (χ4n) is 2.81. The van der Waals surface area contributed by atoms with Crippen molar-refractivity contribution in [3.8, 4) is 0 Å². The molecule has 112 valence electrons. The molecule has 0 aromatic heterocycles. The normalized spacial score (nSPS) is 13.2. The van der Waals surface area contributed by atoms with Crippen LogP contribution in [0.5, 0.6) is 0 Å². The van der Waals surface area contributed by atoms with Gasteiger partial charge in [-0.3, -0.25) is 4.55 Å². The van der Waals surface area contributed by atoms with Crippen LogP contribution < -0.4 is 0 Å². The molecule has 0 bridgehead atoms. The summed E-state index contributed by atoms with van der Waals surface area (Å²) in [4.78, 5) is 0.00181. The average molecular weight is 312 g/mol. The molecule has 0 spiro atoms. The Morgan fingerprint density at radius 1 is 0.864 bits per heavy atom. The number of hydrogen-bond acceptors (Lipinski definition) is 2. The molecule has 3 aromatic carbocycles. The maximum atomic E-state index is 12.0. The van der Waals surface area contributed by atoms with Gasteiger partial charge in [0.1, 0.15) is 4.90 Å². The largest absolute Gasteiger partial charge is 0.295 e. The lowest BCUT2D eigenvalue weighted by Gasteiger charge is -2.17. The van der Waals surface area contributed by atoms with E-state index in [2.05, 4.69) is 0 Å². The molecule has 3 nitrogen and oxygen atoms in total. The zero-order valence-corrected chi connectivity index (χ0v) is 12.9. The van der Waals surface area contributed by atoms with Crippen molar-refractivity contribution in [1.29, 1.82) is 0 Å². The topological polar surface area (TPSA) is 54.4 Å². The summed E-state index contributed by atoms with van der Waals surface area (Å²) >= 11 is 0. The highest BCUT2D eigenvalue weighted by Crippen LogP contribution is 2.34. The van der Waals surface area contributed by atoms with E-state index in [1.165, 1.54) is 0 Å². The second-order valence-electron chi connectivity index (χ2n) is 5.31. The molecule has 0 aliphatic heterocycles. The van der Waals surface area contributed by atoms with Gasteiger partial charge in [0.15, 0.2) is 0 Å². The van der Waals surface area contributed by atoms with Crippen LogP contribution in [-0.4, -0.2) is 13.0 Å². The lowest BCUT2D eigenvalue weighted by molar-refractivity contribution is 0.483. The molecule has 3 aromatic rings. The van der Waals surface area contributed by atoms with Crippen LogP contribution >= 0.6 is 0 Å². The van der Waals surface area contributed by atoms with Crippen LogP contribution in [0.15, 0.2) is 71.6 Å². The van der Waals surface area contributed by atoms with Gasteiger partial charge in [-0.2, -0.15) is 8.42 Å². The third-order valence-electron chi connectivity index (χ3n) is 3.93. The first-order chi connectivity index (χ1) is 10.5. The Morgan fingerprint density at radius 2 is 1.50 bits per heavy atom. The van der Waals surface area contributed by atoms with Crippen LogP contribution in [0.1, 0.15) is 24.0 Å². The van der Waals surface area contributed by atoms with Crippen molar-refractivity contribution in [1.82, 2.24) is 0 Å². The SMILES string of the molecule is CC(c1ccccc1)c1ccc2ccccc2c1S(=O)(=O)O. The molecule has 3 rings (SSSR count). The Labute approximate surface area is 130 Å². The molecule has 0 saturated carbocycles. The second-order valence-corrected chi connectivity index (χ2v) is 6.67. The number of rotatable bonds is 3. The van der Waals surface area contributed by atoms with Gasteiger partial charge in [-0.1, -0.05) is 73.7 Å². The number of hydrogen-bond donors (Lipinski definition) is 1. The van der Waals surface area contributed by atoms with Gasteiger partial charge in [0, 0.05) is 11.3 Å². The first-order valence-electron chi connectivity index (χ1n) is 7.02. The maximum absolute atomic E-state index is 12.0. The molecular formula is C18H16O3S. The third-order valence-corrected chi connectivity index (χ3v) is 4.91. The Kier molecular flexibility index (Phi) is 3.72. The minimum atomic E-state index is -4.31. The highest BCUT2D eigenvalue weighted by Gasteiger charge is 2.23. The summed E-state index contributed by atoms with van der Waals surface area (Å²) in [6.45, 7) is 1.94. The van der Waals surface area contributed by atoms with E-state index in [4.69, 9.17) is 0 Å². The Hall–Kier alpha value is -2.17. The zero-order valence-electron chi connectivity index (χ0n) is 12.1. The van der Waals surface area contributed by atoms with Crippen molar-refractivity contribution >= 4 is 20.9 Å². The molecule has 4 heteroatoms. The highest BCUT2D eigenvalue weighted by atomic mass is 32.2. The Morgan fingerprint density at radius 3 is 2.18 bits per heavy atom. The van der Waals surface area contributed by atoms with E-state index < -0.39 is 10.1 Å². The van der Waals surface area contributed by atoms with E-state index >= 15 is 0 Å².